The Bertz CT molecular complexity index is 485. The average Bonchev–Trinajstić information content (AvgIpc) is 2.40. The molecule has 3 heteroatoms. The Balaban J connectivity index is 2.12. The molecule has 0 radical (unpaired) electrons. The zero-order valence-electron chi connectivity index (χ0n) is 10.8. The lowest BCUT2D eigenvalue weighted by atomic mass is 10.0. The molecule has 0 aliphatic carbocycles. The second kappa shape index (κ2) is 6.61. The van der Waals surface area contributed by atoms with Crippen molar-refractivity contribution in [3.8, 4) is 11.5 Å². The number of benzene rings is 2. The van der Waals surface area contributed by atoms with E-state index < -0.39 is 0 Å². The van der Waals surface area contributed by atoms with Gasteiger partial charge in [0.15, 0.2) is 0 Å². The Labute approximate surface area is 116 Å². The molecule has 2 aromatic rings. The predicted molar refractivity (Wildman–Crippen MR) is 75.9 cm³/mol. The summed E-state index contributed by atoms with van der Waals surface area (Å²) in [6.07, 6.45) is 0. The second-order valence-electron chi connectivity index (χ2n) is 4.34. The van der Waals surface area contributed by atoms with Crippen LogP contribution in [-0.4, -0.2) is 23.2 Å². The topological polar surface area (TPSA) is 18.5 Å². The first-order valence-electron chi connectivity index (χ1n) is 6.11. The smallest absolute Gasteiger partial charge is 0.410 e. The van der Waals surface area contributed by atoms with Crippen LogP contribution in [0, 0.1) is 0 Å². The van der Waals surface area contributed by atoms with Crippen molar-refractivity contribution in [3.05, 3.63) is 60.2 Å². The highest BCUT2D eigenvalue weighted by Gasteiger charge is 2.06. The van der Waals surface area contributed by atoms with Crippen LogP contribution in [0.4, 0.5) is 0 Å². The Kier molecular flexibility index (Phi) is 4.84. The van der Waals surface area contributed by atoms with Gasteiger partial charge in [0.2, 0.25) is 0 Å². The molecular formula is C15H17AlO2. The molecule has 18 heavy (non-hydrogen) atoms. The average molecular weight is 256 g/mol. The Morgan fingerprint density at radius 3 is 2.44 bits per heavy atom. The summed E-state index contributed by atoms with van der Waals surface area (Å²) in [6, 6.07) is 18.0. The lowest BCUT2D eigenvalue weighted by Crippen LogP contribution is -2.02. The van der Waals surface area contributed by atoms with E-state index in [1.165, 1.54) is 5.56 Å². The highest BCUT2D eigenvalue weighted by atomic mass is 27.1. The van der Waals surface area contributed by atoms with Gasteiger partial charge in [0.25, 0.3) is 0 Å². The minimum Gasteiger partial charge on any atom is -0.506 e. The summed E-state index contributed by atoms with van der Waals surface area (Å²) in [4.78, 5) is 0. The molecule has 1 atom stereocenters. The van der Waals surface area contributed by atoms with E-state index in [-0.39, 0.29) is 0 Å². The number of ether oxygens (including phenoxy) is 1. The molecule has 2 rings (SSSR count). The fraction of sp³-hybridized carbons (Fsp3) is 0.200. The monoisotopic (exact) mass is 256 g/mol. The lowest BCUT2D eigenvalue weighted by molar-refractivity contribution is 0.323. The zero-order valence-corrected chi connectivity index (χ0v) is 12.8. The molecule has 0 spiro atoms. The van der Waals surface area contributed by atoms with Crippen molar-refractivity contribution in [1.82, 2.24) is 0 Å². The number of hydrogen-bond acceptors (Lipinski definition) is 2. The van der Waals surface area contributed by atoms with Crippen molar-refractivity contribution >= 4 is 16.6 Å². The van der Waals surface area contributed by atoms with E-state index in [0.717, 1.165) is 34.7 Å². The second-order valence-corrected chi connectivity index (χ2v) is 4.92. The van der Waals surface area contributed by atoms with Crippen LogP contribution in [0.2, 0.25) is 0 Å². The van der Waals surface area contributed by atoms with E-state index in [4.69, 9.17) is 8.53 Å². The number of para-hydroxylation sites is 1. The standard InChI is InChI=1S/C15H15O2.Al.2H/c1-12(11-16)13-6-5-9-15(10-13)17-14-7-3-2-4-8-14;;;/h2-10,12H,11H2,1H3;;;/q-1;+1;;. The molecule has 1 unspecified atom stereocenters. The molecule has 2 nitrogen and oxygen atoms in total. The molecule has 0 heterocycles. The van der Waals surface area contributed by atoms with Gasteiger partial charge in [-0.05, 0) is 29.8 Å². The molecule has 92 valence electrons. The van der Waals surface area contributed by atoms with E-state index in [1.807, 2.05) is 42.5 Å². The minimum absolute atomic E-state index is 0.404. The molecule has 0 fully saturated rings. The van der Waals surface area contributed by atoms with Crippen molar-refractivity contribution in [3.63, 3.8) is 0 Å². The van der Waals surface area contributed by atoms with Crippen molar-refractivity contribution in [2.75, 3.05) is 6.61 Å². The van der Waals surface area contributed by atoms with Crippen LogP contribution >= 0.6 is 0 Å². The van der Waals surface area contributed by atoms with Crippen LogP contribution in [0.3, 0.4) is 0 Å². The van der Waals surface area contributed by atoms with Crippen LogP contribution in [0.1, 0.15) is 18.4 Å². The van der Waals surface area contributed by atoms with Crippen molar-refractivity contribution in [1.29, 1.82) is 0 Å². The minimum atomic E-state index is 0.404. The molecule has 0 amide bonds. The van der Waals surface area contributed by atoms with Crippen LogP contribution in [0.25, 0.3) is 0 Å². The van der Waals surface area contributed by atoms with E-state index in [1.54, 1.807) is 0 Å². The maximum Gasteiger partial charge on any atom is 0.410 e. The summed E-state index contributed by atoms with van der Waals surface area (Å²) in [6.45, 7) is 2.94. The Morgan fingerprint density at radius 2 is 1.72 bits per heavy atom. The van der Waals surface area contributed by atoms with Gasteiger partial charge in [-0.1, -0.05) is 37.3 Å². The summed E-state index contributed by atoms with van der Waals surface area (Å²) in [5, 5.41) is 0. The van der Waals surface area contributed by atoms with Gasteiger partial charge < -0.3 is 8.53 Å². The van der Waals surface area contributed by atoms with Crippen molar-refractivity contribution < 1.29 is 8.53 Å². The third kappa shape index (κ3) is 3.61. The fourth-order valence-electron chi connectivity index (χ4n) is 1.86. The van der Waals surface area contributed by atoms with Gasteiger partial charge in [-0.2, -0.15) is 0 Å². The molecule has 0 saturated carbocycles. The lowest BCUT2D eigenvalue weighted by Gasteiger charge is -2.13. The van der Waals surface area contributed by atoms with Gasteiger partial charge >= 0.3 is 16.6 Å². The first kappa shape index (κ1) is 13.2. The largest absolute Gasteiger partial charge is 0.506 e. The third-order valence-corrected chi connectivity index (χ3v) is 3.16. The highest BCUT2D eigenvalue weighted by Crippen LogP contribution is 2.25. The normalized spacial score (nSPS) is 12.1. The summed E-state index contributed by atoms with van der Waals surface area (Å²) in [5.74, 6) is 2.14. The fourth-order valence-corrected chi connectivity index (χ4v) is 2.36. The van der Waals surface area contributed by atoms with Gasteiger partial charge in [-0.3, -0.25) is 0 Å². The SMILES string of the molecule is CC(C[O][AlH2])c1cccc(Oc2ccccc2)c1. The number of hydrogen-bond donors (Lipinski definition) is 0. The predicted octanol–water partition coefficient (Wildman–Crippen LogP) is 3.15. The quantitative estimate of drug-likeness (QED) is 0.765. The summed E-state index contributed by atoms with van der Waals surface area (Å²) in [7, 11) is 0. The van der Waals surface area contributed by atoms with E-state index in [9.17, 15) is 0 Å². The Morgan fingerprint density at radius 1 is 1.00 bits per heavy atom. The van der Waals surface area contributed by atoms with E-state index >= 15 is 0 Å². The van der Waals surface area contributed by atoms with Crippen LogP contribution in [0.5, 0.6) is 11.5 Å². The highest BCUT2D eigenvalue weighted by molar-refractivity contribution is 5.97. The molecule has 0 aliphatic rings. The Hall–Kier alpha value is -1.27. The summed E-state index contributed by atoms with van der Waals surface area (Å²) in [5.41, 5.74) is 1.25. The molecule has 0 saturated heterocycles. The van der Waals surface area contributed by atoms with Gasteiger partial charge in [-0.25, -0.2) is 0 Å². The third-order valence-electron chi connectivity index (χ3n) is 2.82. The maximum atomic E-state index is 5.82. The molecule has 0 bridgehead atoms. The van der Waals surface area contributed by atoms with Gasteiger partial charge in [-0.15, -0.1) is 0 Å². The van der Waals surface area contributed by atoms with Crippen LogP contribution in [0.15, 0.2) is 54.6 Å². The maximum absolute atomic E-state index is 5.82. The van der Waals surface area contributed by atoms with Gasteiger partial charge in [0.1, 0.15) is 11.5 Å². The molecule has 0 aliphatic heterocycles. The first-order valence-corrected chi connectivity index (χ1v) is 6.93. The molecule has 2 aromatic carbocycles. The summed E-state index contributed by atoms with van der Waals surface area (Å²) < 4.78 is 11.1. The van der Waals surface area contributed by atoms with Crippen molar-refractivity contribution in [2.24, 2.45) is 0 Å². The number of rotatable bonds is 5. The summed E-state index contributed by atoms with van der Waals surface area (Å²) >= 11 is 0.786. The first-order chi connectivity index (χ1) is 8.79. The molecule has 0 N–H and O–H groups in total. The van der Waals surface area contributed by atoms with Crippen molar-refractivity contribution in [2.45, 2.75) is 12.8 Å². The molecule has 0 aromatic heterocycles. The van der Waals surface area contributed by atoms with Gasteiger partial charge in [0.05, 0.1) is 0 Å². The molecular weight excluding hydrogens is 239 g/mol. The van der Waals surface area contributed by atoms with E-state index in [2.05, 4.69) is 19.1 Å². The van der Waals surface area contributed by atoms with Crippen LogP contribution < -0.4 is 4.74 Å². The zero-order chi connectivity index (χ0) is 12.8. The van der Waals surface area contributed by atoms with Crippen LogP contribution in [-0.2, 0) is 3.79 Å². The van der Waals surface area contributed by atoms with Gasteiger partial charge in [0, 0.05) is 12.5 Å². The van der Waals surface area contributed by atoms with E-state index in [0.29, 0.717) is 5.92 Å².